The molecular formula is C18H19Br2NO3. The van der Waals surface area contributed by atoms with E-state index in [1.54, 1.807) is 0 Å². The van der Waals surface area contributed by atoms with Gasteiger partial charge in [0.15, 0.2) is 11.5 Å². The summed E-state index contributed by atoms with van der Waals surface area (Å²) in [6.45, 7) is 5.91. The second kappa shape index (κ2) is 7.66. The quantitative estimate of drug-likeness (QED) is 0.655. The van der Waals surface area contributed by atoms with E-state index >= 15 is 0 Å². The second-order valence-corrected chi connectivity index (χ2v) is 7.48. The molecule has 2 aromatic rings. The maximum absolute atomic E-state index is 5.81. The van der Waals surface area contributed by atoms with Crippen LogP contribution in [0.5, 0.6) is 17.2 Å². The summed E-state index contributed by atoms with van der Waals surface area (Å²) in [5.74, 6) is 2.41. The molecule has 0 saturated heterocycles. The molecule has 1 aliphatic heterocycles. The molecule has 1 N–H and O–H groups in total. The Morgan fingerprint density at radius 2 is 1.71 bits per heavy atom. The van der Waals surface area contributed by atoms with Crippen LogP contribution >= 0.6 is 31.9 Å². The van der Waals surface area contributed by atoms with E-state index in [-0.39, 0.29) is 6.10 Å². The van der Waals surface area contributed by atoms with Crippen LogP contribution in [0.15, 0.2) is 39.3 Å². The third kappa shape index (κ3) is 4.16. The van der Waals surface area contributed by atoms with Crippen LogP contribution in [0.3, 0.4) is 0 Å². The molecule has 6 heteroatoms. The van der Waals surface area contributed by atoms with Crippen molar-refractivity contribution >= 4 is 37.5 Å². The van der Waals surface area contributed by atoms with Crippen LogP contribution in [0.25, 0.3) is 0 Å². The number of nitrogens with one attached hydrogen (secondary N) is 1. The predicted molar refractivity (Wildman–Crippen MR) is 102 cm³/mol. The van der Waals surface area contributed by atoms with Crippen molar-refractivity contribution in [1.29, 1.82) is 0 Å². The predicted octanol–water partition coefficient (Wildman–Crippen LogP) is 5.38. The third-order valence-corrected chi connectivity index (χ3v) is 4.63. The Morgan fingerprint density at radius 1 is 1.04 bits per heavy atom. The summed E-state index contributed by atoms with van der Waals surface area (Å²) < 4.78 is 18.8. The van der Waals surface area contributed by atoms with Crippen LogP contribution in [-0.2, 0) is 6.54 Å². The first kappa shape index (κ1) is 17.4. The molecule has 2 aromatic carbocycles. The number of ether oxygens (including phenoxy) is 3. The zero-order chi connectivity index (χ0) is 17.1. The number of halogens is 2. The Morgan fingerprint density at radius 3 is 2.38 bits per heavy atom. The van der Waals surface area contributed by atoms with Crippen molar-refractivity contribution in [3.8, 4) is 17.2 Å². The fraction of sp³-hybridized carbons (Fsp3) is 0.333. The lowest BCUT2D eigenvalue weighted by Crippen LogP contribution is -2.15. The summed E-state index contributed by atoms with van der Waals surface area (Å²) in [7, 11) is 0. The van der Waals surface area contributed by atoms with E-state index in [4.69, 9.17) is 14.2 Å². The van der Waals surface area contributed by atoms with Crippen LogP contribution in [0.2, 0.25) is 0 Å². The van der Waals surface area contributed by atoms with Crippen LogP contribution < -0.4 is 19.5 Å². The van der Waals surface area contributed by atoms with E-state index in [0.717, 1.165) is 37.4 Å². The smallest absolute Gasteiger partial charge is 0.163 e. The highest BCUT2D eigenvalue weighted by Gasteiger charge is 2.13. The number of hydrogen-bond acceptors (Lipinski definition) is 4. The zero-order valence-electron chi connectivity index (χ0n) is 13.6. The number of fused-ring (bicyclic) bond motifs is 1. The van der Waals surface area contributed by atoms with Gasteiger partial charge in [0, 0.05) is 18.3 Å². The van der Waals surface area contributed by atoms with E-state index in [9.17, 15) is 0 Å². The molecule has 0 unspecified atom stereocenters. The number of anilines is 1. The highest BCUT2D eigenvalue weighted by molar-refractivity contribution is 9.11. The summed E-state index contributed by atoms with van der Waals surface area (Å²) in [5, 5.41) is 3.41. The van der Waals surface area contributed by atoms with Crippen molar-refractivity contribution in [1.82, 2.24) is 0 Å². The van der Waals surface area contributed by atoms with Gasteiger partial charge in [-0.25, -0.2) is 0 Å². The lowest BCUT2D eigenvalue weighted by atomic mass is 10.2. The average molecular weight is 457 g/mol. The molecule has 0 aromatic heterocycles. The monoisotopic (exact) mass is 455 g/mol. The van der Waals surface area contributed by atoms with Gasteiger partial charge in [0.25, 0.3) is 0 Å². The van der Waals surface area contributed by atoms with Gasteiger partial charge in [-0.2, -0.15) is 0 Å². The van der Waals surface area contributed by atoms with Crippen molar-refractivity contribution in [2.24, 2.45) is 0 Å². The number of hydrogen-bond donors (Lipinski definition) is 1. The van der Waals surface area contributed by atoms with E-state index in [1.807, 2.05) is 32.0 Å². The topological polar surface area (TPSA) is 39.7 Å². The first-order chi connectivity index (χ1) is 11.5. The van der Waals surface area contributed by atoms with Crippen molar-refractivity contribution < 1.29 is 14.2 Å². The average Bonchev–Trinajstić information content (AvgIpc) is 2.56. The summed E-state index contributed by atoms with van der Waals surface area (Å²) in [5.41, 5.74) is 2.13. The fourth-order valence-corrected chi connectivity index (χ4v) is 3.89. The lowest BCUT2D eigenvalue weighted by Gasteiger charge is -2.19. The highest BCUT2D eigenvalue weighted by Crippen LogP contribution is 2.36. The Labute approximate surface area is 158 Å². The highest BCUT2D eigenvalue weighted by atomic mass is 79.9. The van der Waals surface area contributed by atoms with Gasteiger partial charge in [0.1, 0.15) is 19.0 Å². The van der Waals surface area contributed by atoms with E-state index < -0.39 is 0 Å². The molecule has 0 bridgehead atoms. The summed E-state index contributed by atoms with van der Waals surface area (Å²) >= 11 is 7.17. The molecule has 0 fully saturated rings. The van der Waals surface area contributed by atoms with Crippen LogP contribution in [-0.4, -0.2) is 19.3 Å². The molecule has 4 nitrogen and oxygen atoms in total. The minimum atomic E-state index is 0.124. The standard InChI is InChI=1S/C18H19Br2NO3/c1-11(2)24-18-14(19)7-12(8-15(18)20)10-21-13-3-4-16-17(9-13)23-6-5-22-16/h3-4,7-9,11,21H,5-6,10H2,1-2H3. The van der Waals surface area contributed by atoms with Gasteiger partial charge >= 0.3 is 0 Å². The van der Waals surface area contributed by atoms with Gasteiger partial charge in [-0.05, 0) is 75.5 Å². The Balaban J connectivity index is 1.70. The van der Waals surface area contributed by atoms with Gasteiger partial charge in [0.2, 0.25) is 0 Å². The van der Waals surface area contributed by atoms with E-state index in [2.05, 4.69) is 49.3 Å². The fourth-order valence-electron chi connectivity index (χ4n) is 2.42. The molecule has 0 amide bonds. The van der Waals surface area contributed by atoms with E-state index in [0.29, 0.717) is 19.8 Å². The minimum absolute atomic E-state index is 0.124. The van der Waals surface area contributed by atoms with Crippen LogP contribution in [0.4, 0.5) is 5.69 Å². The SMILES string of the molecule is CC(C)Oc1c(Br)cc(CNc2ccc3c(c2)OCCO3)cc1Br. The maximum atomic E-state index is 5.81. The van der Waals surface area contributed by atoms with Gasteiger partial charge in [-0.15, -0.1) is 0 Å². The van der Waals surface area contributed by atoms with Crippen molar-refractivity contribution in [2.75, 3.05) is 18.5 Å². The third-order valence-electron chi connectivity index (χ3n) is 3.45. The maximum Gasteiger partial charge on any atom is 0.163 e. The Bertz CT molecular complexity index is 711. The van der Waals surface area contributed by atoms with Crippen LogP contribution in [0.1, 0.15) is 19.4 Å². The second-order valence-electron chi connectivity index (χ2n) is 5.77. The molecule has 1 aliphatic rings. The molecule has 1 heterocycles. The van der Waals surface area contributed by atoms with Gasteiger partial charge < -0.3 is 19.5 Å². The van der Waals surface area contributed by atoms with Gasteiger partial charge in [-0.1, -0.05) is 0 Å². The molecule has 0 spiro atoms. The molecule has 0 atom stereocenters. The number of benzene rings is 2. The number of rotatable bonds is 5. The molecule has 3 rings (SSSR count). The van der Waals surface area contributed by atoms with Crippen molar-refractivity contribution in [2.45, 2.75) is 26.5 Å². The van der Waals surface area contributed by atoms with Crippen molar-refractivity contribution in [3.63, 3.8) is 0 Å². The molecule has 24 heavy (non-hydrogen) atoms. The largest absolute Gasteiger partial charge is 0.489 e. The Kier molecular flexibility index (Phi) is 5.56. The molecule has 0 radical (unpaired) electrons. The molecule has 128 valence electrons. The van der Waals surface area contributed by atoms with Gasteiger partial charge in [0.05, 0.1) is 15.0 Å². The van der Waals surface area contributed by atoms with Crippen LogP contribution in [0, 0.1) is 0 Å². The van der Waals surface area contributed by atoms with Gasteiger partial charge in [-0.3, -0.25) is 0 Å². The zero-order valence-corrected chi connectivity index (χ0v) is 16.7. The molecule has 0 aliphatic carbocycles. The molecule has 0 saturated carbocycles. The summed E-state index contributed by atoms with van der Waals surface area (Å²) in [4.78, 5) is 0. The first-order valence-electron chi connectivity index (χ1n) is 7.81. The van der Waals surface area contributed by atoms with E-state index in [1.165, 1.54) is 0 Å². The molecular weight excluding hydrogens is 438 g/mol. The minimum Gasteiger partial charge on any atom is -0.489 e. The lowest BCUT2D eigenvalue weighted by molar-refractivity contribution is 0.171. The normalized spacial score (nSPS) is 13.0. The first-order valence-corrected chi connectivity index (χ1v) is 9.39. The van der Waals surface area contributed by atoms with Crippen molar-refractivity contribution in [3.05, 3.63) is 44.8 Å². The Hall–Kier alpha value is -1.40. The summed E-state index contributed by atoms with van der Waals surface area (Å²) in [6, 6.07) is 10.0. The summed E-state index contributed by atoms with van der Waals surface area (Å²) in [6.07, 6.45) is 0.124.